The average Bonchev–Trinajstić information content (AvgIpc) is 2.22. The minimum absolute atomic E-state index is 0.0342. The van der Waals surface area contributed by atoms with Gasteiger partial charge < -0.3 is 0 Å². The highest BCUT2D eigenvalue weighted by Crippen LogP contribution is 2.62. The van der Waals surface area contributed by atoms with Gasteiger partial charge in [-0.2, -0.15) is 26.3 Å². The lowest BCUT2D eigenvalue weighted by Crippen LogP contribution is -2.61. The monoisotopic (exact) mass is 296 g/mol. The zero-order valence-electron chi connectivity index (χ0n) is 10.1. The van der Waals surface area contributed by atoms with Crippen molar-refractivity contribution < 1.29 is 35.1 Å². The Morgan fingerprint density at radius 3 is 0.947 bits per heavy atom. The Hall–Kier alpha value is -1.08. The largest absolute Gasteiger partial charge is 0.403 e. The van der Waals surface area contributed by atoms with E-state index in [1.165, 1.54) is 0 Å². The molecule has 0 aromatic carbocycles. The molecule has 0 spiro atoms. The molecule has 0 aliphatic carbocycles. The van der Waals surface area contributed by atoms with Gasteiger partial charge in [-0.1, -0.05) is 12.2 Å². The third-order valence-corrected chi connectivity index (χ3v) is 3.30. The standard InChI is InChI=1S/C11H12F8/c1-5-7(3,10(14,15)16)9(12,13)8(4,6-2)11(17,18)19/h5-6H,1-2H2,3-4H3. The molecule has 19 heavy (non-hydrogen) atoms. The Balaban J connectivity index is 6.24. The summed E-state index contributed by atoms with van der Waals surface area (Å²) in [7, 11) is 0. The molecular weight excluding hydrogens is 284 g/mol. The summed E-state index contributed by atoms with van der Waals surface area (Å²) in [6.07, 6.45) is -11.7. The lowest BCUT2D eigenvalue weighted by atomic mass is 9.68. The first-order valence-corrected chi connectivity index (χ1v) is 4.91. The average molecular weight is 296 g/mol. The smallest absolute Gasteiger partial charge is 0.204 e. The van der Waals surface area contributed by atoms with E-state index in [1.807, 2.05) is 0 Å². The fourth-order valence-corrected chi connectivity index (χ4v) is 1.38. The molecule has 0 N–H and O–H groups in total. The van der Waals surface area contributed by atoms with E-state index in [0.717, 1.165) is 0 Å². The predicted octanol–water partition coefficient (Wildman–Crippen LogP) is 5.13. The Morgan fingerprint density at radius 1 is 0.632 bits per heavy atom. The molecule has 2 atom stereocenters. The molecule has 0 amide bonds. The lowest BCUT2D eigenvalue weighted by molar-refractivity contribution is -0.344. The first-order valence-electron chi connectivity index (χ1n) is 4.91. The first kappa shape index (κ1) is 17.9. The molecule has 0 aliphatic rings. The van der Waals surface area contributed by atoms with Crippen molar-refractivity contribution in [3.05, 3.63) is 25.3 Å². The molecule has 0 rings (SSSR count). The van der Waals surface area contributed by atoms with Crippen molar-refractivity contribution in [2.75, 3.05) is 0 Å². The van der Waals surface area contributed by atoms with Gasteiger partial charge in [0.2, 0.25) is 0 Å². The molecule has 0 saturated carbocycles. The second kappa shape index (κ2) is 4.49. The first-order chi connectivity index (χ1) is 8.12. The minimum atomic E-state index is -5.60. The van der Waals surface area contributed by atoms with Gasteiger partial charge in [-0.25, -0.2) is 8.78 Å². The third kappa shape index (κ3) is 2.25. The summed E-state index contributed by atoms with van der Waals surface area (Å²) in [6, 6.07) is 0. The number of hydrogen-bond acceptors (Lipinski definition) is 0. The highest BCUT2D eigenvalue weighted by Gasteiger charge is 2.76. The van der Waals surface area contributed by atoms with Gasteiger partial charge in [-0.15, -0.1) is 13.2 Å². The van der Waals surface area contributed by atoms with Crippen LogP contribution >= 0.6 is 0 Å². The van der Waals surface area contributed by atoms with E-state index in [0.29, 0.717) is 0 Å². The molecule has 8 heteroatoms. The van der Waals surface area contributed by atoms with Gasteiger partial charge in [0.15, 0.2) is 0 Å². The van der Waals surface area contributed by atoms with Gasteiger partial charge in [0.1, 0.15) is 10.8 Å². The molecule has 0 heterocycles. The maximum Gasteiger partial charge on any atom is 0.403 e. The number of hydrogen-bond donors (Lipinski definition) is 0. The molecule has 0 aromatic heterocycles. The third-order valence-electron chi connectivity index (χ3n) is 3.30. The van der Waals surface area contributed by atoms with Crippen molar-refractivity contribution in [1.29, 1.82) is 0 Å². The predicted molar refractivity (Wildman–Crippen MR) is 53.7 cm³/mol. The van der Waals surface area contributed by atoms with E-state index in [4.69, 9.17) is 0 Å². The summed E-state index contributed by atoms with van der Waals surface area (Å²) in [4.78, 5) is 0. The van der Waals surface area contributed by atoms with E-state index in [9.17, 15) is 35.1 Å². The summed E-state index contributed by atoms with van der Waals surface area (Å²) < 4.78 is 104. The van der Waals surface area contributed by atoms with Crippen LogP contribution in [0, 0.1) is 10.8 Å². The molecule has 0 radical (unpaired) electrons. The molecule has 2 unspecified atom stereocenters. The number of alkyl halides is 8. The van der Waals surface area contributed by atoms with E-state index < -0.39 is 29.1 Å². The van der Waals surface area contributed by atoms with Crippen LogP contribution in [-0.4, -0.2) is 18.3 Å². The molecule has 0 nitrogen and oxygen atoms in total. The summed E-state index contributed by atoms with van der Waals surface area (Å²) >= 11 is 0. The highest BCUT2D eigenvalue weighted by atomic mass is 19.4. The molecule has 0 aromatic rings. The van der Waals surface area contributed by atoms with Crippen molar-refractivity contribution in [2.45, 2.75) is 32.1 Å². The minimum Gasteiger partial charge on any atom is -0.204 e. The number of halogens is 8. The van der Waals surface area contributed by atoms with Crippen LogP contribution in [0.3, 0.4) is 0 Å². The van der Waals surface area contributed by atoms with E-state index in [2.05, 4.69) is 13.2 Å². The summed E-state index contributed by atoms with van der Waals surface area (Å²) in [5, 5.41) is 0. The van der Waals surface area contributed by atoms with Crippen LogP contribution < -0.4 is 0 Å². The second-order valence-electron chi connectivity index (χ2n) is 4.38. The lowest BCUT2D eigenvalue weighted by Gasteiger charge is -2.45. The second-order valence-corrected chi connectivity index (χ2v) is 4.38. The molecular formula is C11H12F8. The molecule has 0 bridgehead atoms. The van der Waals surface area contributed by atoms with Crippen molar-refractivity contribution >= 4 is 0 Å². The highest BCUT2D eigenvalue weighted by molar-refractivity contribution is 5.18. The van der Waals surface area contributed by atoms with Crippen molar-refractivity contribution in [2.24, 2.45) is 10.8 Å². The van der Waals surface area contributed by atoms with E-state index in [-0.39, 0.29) is 26.0 Å². The van der Waals surface area contributed by atoms with Crippen LogP contribution in [0.5, 0.6) is 0 Å². The zero-order valence-corrected chi connectivity index (χ0v) is 10.1. The van der Waals surface area contributed by atoms with Crippen LogP contribution in [0.2, 0.25) is 0 Å². The Labute approximate surface area is 104 Å². The topological polar surface area (TPSA) is 0 Å². The van der Waals surface area contributed by atoms with E-state index in [1.54, 1.807) is 0 Å². The Bertz CT molecular complexity index is 330. The van der Waals surface area contributed by atoms with Gasteiger partial charge in [0.05, 0.1) is 0 Å². The van der Waals surface area contributed by atoms with Crippen LogP contribution in [-0.2, 0) is 0 Å². The summed E-state index contributed by atoms with van der Waals surface area (Å²) in [5.74, 6) is -5.21. The number of rotatable bonds is 4. The fraction of sp³-hybridized carbons (Fsp3) is 0.636. The molecule has 112 valence electrons. The van der Waals surface area contributed by atoms with Crippen LogP contribution in [0.1, 0.15) is 13.8 Å². The zero-order chi connectivity index (χ0) is 15.9. The fourth-order valence-electron chi connectivity index (χ4n) is 1.38. The summed E-state index contributed by atoms with van der Waals surface area (Å²) in [6.45, 7) is 5.12. The SMILES string of the molecule is C=CC(C)(C(F)(F)F)C(F)(F)C(C)(C=C)C(F)(F)F. The molecule has 0 saturated heterocycles. The maximum absolute atomic E-state index is 13.9. The summed E-state index contributed by atoms with van der Waals surface area (Å²) in [5.41, 5.74) is -8.09. The van der Waals surface area contributed by atoms with Crippen LogP contribution in [0.25, 0.3) is 0 Å². The normalized spacial score (nSPS) is 20.3. The van der Waals surface area contributed by atoms with Crippen molar-refractivity contribution in [1.82, 2.24) is 0 Å². The van der Waals surface area contributed by atoms with Gasteiger partial charge >= 0.3 is 12.4 Å². The van der Waals surface area contributed by atoms with Gasteiger partial charge in [-0.05, 0) is 13.8 Å². The quantitative estimate of drug-likeness (QED) is 0.498. The Morgan fingerprint density at radius 2 is 0.842 bits per heavy atom. The Kier molecular flexibility index (Phi) is 4.23. The van der Waals surface area contributed by atoms with Gasteiger partial charge in [-0.3, -0.25) is 0 Å². The van der Waals surface area contributed by atoms with Crippen molar-refractivity contribution in [3.8, 4) is 0 Å². The van der Waals surface area contributed by atoms with Crippen LogP contribution in [0.4, 0.5) is 35.1 Å². The number of allylic oxidation sites excluding steroid dienone is 2. The molecule has 0 fully saturated rings. The molecule has 0 aliphatic heterocycles. The van der Waals surface area contributed by atoms with Gasteiger partial charge in [0.25, 0.3) is 5.92 Å². The van der Waals surface area contributed by atoms with Crippen LogP contribution in [0.15, 0.2) is 25.3 Å². The van der Waals surface area contributed by atoms with Crippen molar-refractivity contribution in [3.63, 3.8) is 0 Å². The van der Waals surface area contributed by atoms with Gasteiger partial charge in [0, 0.05) is 0 Å². The maximum atomic E-state index is 13.9. The van der Waals surface area contributed by atoms with E-state index >= 15 is 0 Å².